The topological polar surface area (TPSA) is 80.2 Å². The summed E-state index contributed by atoms with van der Waals surface area (Å²) >= 11 is 1.25. The number of aliphatic imine (C=N–C) groups is 1. The second kappa shape index (κ2) is 7.31. The lowest BCUT2D eigenvalue weighted by atomic mass is 10.2. The summed E-state index contributed by atoms with van der Waals surface area (Å²) in [5.41, 5.74) is 1.47. The van der Waals surface area contributed by atoms with E-state index < -0.39 is 0 Å². The second-order valence-corrected chi connectivity index (χ2v) is 6.14. The Balaban J connectivity index is 1.83. The third-order valence-corrected chi connectivity index (χ3v) is 4.35. The molecule has 0 radical (unpaired) electrons. The van der Waals surface area contributed by atoms with Crippen molar-refractivity contribution in [2.75, 3.05) is 14.2 Å². The van der Waals surface area contributed by atoms with Crippen molar-refractivity contribution in [3.05, 3.63) is 52.9 Å². The van der Waals surface area contributed by atoms with Gasteiger partial charge in [0, 0.05) is 0 Å². The molecule has 1 saturated heterocycles. The van der Waals surface area contributed by atoms with Gasteiger partial charge in [-0.1, -0.05) is 6.07 Å². The van der Waals surface area contributed by atoms with Crippen LogP contribution in [0.2, 0.25) is 0 Å². The quantitative estimate of drug-likeness (QED) is 0.822. The summed E-state index contributed by atoms with van der Waals surface area (Å²) in [7, 11) is 3.14. The Hall–Kier alpha value is -2.93. The summed E-state index contributed by atoms with van der Waals surface area (Å²) in [6.45, 7) is 0. The highest BCUT2D eigenvalue weighted by Gasteiger charge is 2.23. The van der Waals surface area contributed by atoms with Gasteiger partial charge >= 0.3 is 0 Å². The Bertz CT molecular complexity index is 860. The summed E-state index contributed by atoms with van der Waals surface area (Å²) in [5.74, 6) is 1.18. The maximum Gasteiger partial charge on any atom is 0.264 e. The summed E-state index contributed by atoms with van der Waals surface area (Å²) in [6.07, 6.45) is 1.77. The molecule has 0 atom stereocenters. The third-order valence-electron chi connectivity index (χ3n) is 3.44. The zero-order valence-corrected chi connectivity index (χ0v) is 14.5. The Labute approximate surface area is 149 Å². The number of phenols is 1. The number of carbonyl (C=O) groups excluding carboxylic acids is 1. The molecule has 0 spiro atoms. The van der Waals surface area contributed by atoms with E-state index >= 15 is 0 Å². The molecular weight excluding hydrogens is 340 g/mol. The number of nitrogens with one attached hydrogen (secondary N) is 1. The van der Waals surface area contributed by atoms with Crippen molar-refractivity contribution in [3.8, 4) is 17.2 Å². The van der Waals surface area contributed by atoms with Crippen LogP contribution in [0.25, 0.3) is 6.08 Å². The highest BCUT2D eigenvalue weighted by molar-refractivity contribution is 8.18. The van der Waals surface area contributed by atoms with Crippen LogP contribution in [0.5, 0.6) is 17.2 Å². The number of ether oxygens (including phenoxy) is 2. The van der Waals surface area contributed by atoms with E-state index in [-0.39, 0.29) is 11.7 Å². The van der Waals surface area contributed by atoms with E-state index in [9.17, 15) is 9.90 Å². The highest BCUT2D eigenvalue weighted by Crippen LogP contribution is 2.32. The zero-order valence-electron chi connectivity index (χ0n) is 13.6. The van der Waals surface area contributed by atoms with Crippen LogP contribution in [0.3, 0.4) is 0 Å². The monoisotopic (exact) mass is 356 g/mol. The molecule has 6 nitrogen and oxygen atoms in total. The van der Waals surface area contributed by atoms with E-state index in [4.69, 9.17) is 9.47 Å². The molecule has 1 fully saturated rings. The first-order valence-corrected chi connectivity index (χ1v) is 8.21. The first-order valence-electron chi connectivity index (χ1n) is 7.39. The van der Waals surface area contributed by atoms with E-state index in [1.54, 1.807) is 56.7 Å². The largest absolute Gasteiger partial charge is 0.508 e. The fourth-order valence-corrected chi connectivity index (χ4v) is 3.06. The molecule has 128 valence electrons. The first-order chi connectivity index (χ1) is 12.1. The summed E-state index contributed by atoms with van der Waals surface area (Å²) in [6, 6.07) is 11.9. The van der Waals surface area contributed by atoms with E-state index in [2.05, 4.69) is 10.3 Å². The lowest BCUT2D eigenvalue weighted by Crippen LogP contribution is -2.19. The van der Waals surface area contributed by atoms with Crippen molar-refractivity contribution < 1.29 is 19.4 Å². The fourth-order valence-electron chi connectivity index (χ4n) is 2.22. The smallest absolute Gasteiger partial charge is 0.264 e. The molecular formula is C18H16N2O4S. The minimum absolute atomic E-state index is 0.168. The van der Waals surface area contributed by atoms with Crippen LogP contribution >= 0.6 is 11.8 Å². The van der Waals surface area contributed by atoms with E-state index in [0.717, 1.165) is 5.56 Å². The number of benzene rings is 2. The molecule has 2 N–H and O–H groups in total. The van der Waals surface area contributed by atoms with Gasteiger partial charge in [0.25, 0.3) is 5.91 Å². The van der Waals surface area contributed by atoms with Crippen molar-refractivity contribution in [1.82, 2.24) is 5.32 Å². The van der Waals surface area contributed by atoms with Crippen LogP contribution < -0.4 is 14.8 Å². The minimum atomic E-state index is -0.211. The fraction of sp³-hybridized carbons (Fsp3) is 0.111. The molecule has 0 aliphatic carbocycles. The molecule has 0 unspecified atom stereocenters. The van der Waals surface area contributed by atoms with Crippen LogP contribution in [0.1, 0.15) is 5.56 Å². The molecule has 7 heteroatoms. The molecule has 1 aliphatic heterocycles. The molecule has 2 aromatic rings. The van der Waals surface area contributed by atoms with Crippen molar-refractivity contribution in [1.29, 1.82) is 0 Å². The van der Waals surface area contributed by atoms with Gasteiger partial charge in [0.2, 0.25) is 0 Å². The SMILES string of the molecule is COc1ccc(/C=C2\SC(=Nc3ccc(O)cc3)NC2=O)cc1OC. The zero-order chi connectivity index (χ0) is 17.8. The number of carbonyl (C=O) groups is 1. The van der Waals surface area contributed by atoms with Crippen LogP contribution in [0.4, 0.5) is 5.69 Å². The summed E-state index contributed by atoms with van der Waals surface area (Å²) in [4.78, 5) is 17.0. The van der Waals surface area contributed by atoms with Gasteiger partial charge in [-0.2, -0.15) is 0 Å². The number of hydrogen-bond acceptors (Lipinski definition) is 6. The average molecular weight is 356 g/mol. The van der Waals surface area contributed by atoms with Gasteiger partial charge < -0.3 is 19.9 Å². The third kappa shape index (κ3) is 3.95. The predicted molar refractivity (Wildman–Crippen MR) is 98.5 cm³/mol. The van der Waals surface area contributed by atoms with Gasteiger partial charge in [-0.3, -0.25) is 4.79 Å². The molecule has 1 aliphatic rings. The van der Waals surface area contributed by atoms with Gasteiger partial charge in [-0.05, 0) is 59.8 Å². The van der Waals surface area contributed by atoms with E-state index in [1.165, 1.54) is 11.8 Å². The second-order valence-electron chi connectivity index (χ2n) is 5.11. The first kappa shape index (κ1) is 16.9. The van der Waals surface area contributed by atoms with Gasteiger partial charge in [0.05, 0.1) is 24.8 Å². The normalized spacial score (nSPS) is 17.0. The van der Waals surface area contributed by atoms with Crippen molar-refractivity contribution in [2.24, 2.45) is 4.99 Å². The predicted octanol–water partition coefficient (Wildman–Crippen LogP) is 3.30. The molecule has 1 heterocycles. The Morgan fingerprint density at radius 1 is 1.08 bits per heavy atom. The van der Waals surface area contributed by atoms with Crippen LogP contribution in [-0.2, 0) is 4.79 Å². The molecule has 0 aromatic heterocycles. The van der Waals surface area contributed by atoms with Crippen LogP contribution in [0, 0.1) is 0 Å². The Morgan fingerprint density at radius 2 is 1.80 bits per heavy atom. The van der Waals surface area contributed by atoms with Crippen molar-refractivity contribution in [2.45, 2.75) is 0 Å². The Morgan fingerprint density at radius 3 is 2.48 bits per heavy atom. The number of amidine groups is 1. The lowest BCUT2D eigenvalue weighted by Gasteiger charge is -2.07. The number of methoxy groups -OCH3 is 2. The molecule has 2 aromatic carbocycles. The van der Waals surface area contributed by atoms with Crippen LogP contribution in [-0.4, -0.2) is 30.4 Å². The molecule has 1 amide bonds. The summed E-state index contributed by atoms with van der Waals surface area (Å²) in [5, 5.41) is 12.5. The molecule has 3 rings (SSSR count). The number of rotatable bonds is 4. The van der Waals surface area contributed by atoms with Gasteiger partial charge in [0.15, 0.2) is 16.7 Å². The van der Waals surface area contributed by atoms with Gasteiger partial charge in [-0.25, -0.2) is 4.99 Å². The van der Waals surface area contributed by atoms with E-state index in [0.29, 0.717) is 27.3 Å². The maximum absolute atomic E-state index is 12.1. The number of nitrogens with zero attached hydrogens (tertiary/aromatic N) is 1. The average Bonchev–Trinajstić information content (AvgIpc) is 2.96. The van der Waals surface area contributed by atoms with E-state index in [1.807, 2.05) is 6.07 Å². The lowest BCUT2D eigenvalue weighted by molar-refractivity contribution is -0.115. The molecule has 0 bridgehead atoms. The maximum atomic E-state index is 12.1. The Kier molecular flexibility index (Phi) is 4.95. The molecule has 0 saturated carbocycles. The number of thioether (sulfide) groups is 1. The van der Waals surface area contributed by atoms with Crippen molar-refractivity contribution in [3.63, 3.8) is 0 Å². The van der Waals surface area contributed by atoms with Gasteiger partial charge in [-0.15, -0.1) is 0 Å². The highest BCUT2D eigenvalue weighted by atomic mass is 32.2. The number of phenolic OH excluding ortho intramolecular Hbond substituents is 1. The van der Waals surface area contributed by atoms with Crippen molar-refractivity contribution >= 4 is 34.6 Å². The van der Waals surface area contributed by atoms with Gasteiger partial charge in [0.1, 0.15) is 5.75 Å². The standard InChI is InChI=1S/C18H16N2O4S/c1-23-14-8-3-11(9-15(14)24-2)10-16-17(22)20-18(25-16)19-12-4-6-13(21)7-5-12/h3-10,21H,1-2H3,(H,19,20,22)/b16-10-. The minimum Gasteiger partial charge on any atom is -0.508 e. The number of aromatic hydroxyl groups is 1. The molecule has 25 heavy (non-hydrogen) atoms. The number of hydrogen-bond donors (Lipinski definition) is 2. The summed E-state index contributed by atoms with van der Waals surface area (Å²) < 4.78 is 10.5. The number of amides is 1. The van der Waals surface area contributed by atoms with Crippen LogP contribution in [0.15, 0.2) is 52.4 Å².